The van der Waals surface area contributed by atoms with Gasteiger partial charge in [0.1, 0.15) is 11.4 Å². The van der Waals surface area contributed by atoms with Crippen LogP contribution in [0.4, 0.5) is 5.69 Å². The van der Waals surface area contributed by atoms with Gasteiger partial charge in [-0.25, -0.2) is 4.90 Å². The smallest absolute Gasteiger partial charge is 0.282 e. The molecule has 1 fully saturated rings. The first kappa shape index (κ1) is 20.2. The lowest BCUT2D eigenvalue weighted by Gasteiger charge is -2.36. The molecule has 6 nitrogen and oxygen atoms in total. The molecular formula is C24H27N3O3. The van der Waals surface area contributed by atoms with Gasteiger partial charge in [0.25, 0.3) is 11.8 Å². The number of hydrogen-bond acceptors (Lipinski definition) is 5. The Morgan fingerprint density at radius 2 is 1.57 bits per heavy atom. The molecule has 6 heteroatoms. The summed E-state index contributed by atoms with van der Waals surface area (Å²) in [5.41, 5.74) is 2.14. The van der Waals surface area contributed by atoms with Crippen molar-refractivity contribution in [2.45, 2.75) is 18.9 Å². The summed E-state index contributed by atoms with van der Waals surface area (Å²) in [6.07, 6.45) is 1.91. The van der Waals surface area contributed by atoms with E-state index < -0.39 is 0 Å². The van der Waals surface area contributed by atoms with Crippen molar-refractivity contribution in [3.63, 3.8) is 0 Å². The lowest BCUT2D eigenvalue weighted by atomic mass is 10.0. The highest BCUT2D eigenvalue weighted by Crippen LogP contribution is 2.39. The molecule has 0 saturated carbocycles. The second-order valence-electron chi connectivity index (χ2n) is 7.85. The Kier molecular flexibility index (Phi) is 5.59. The number of benzene rings is 2. The van der Waals surface area contributed by atoms with Crippen LogP contribution in [0.15, 0.2) is 60.3 Å². The molecule has 0 radical (unpaired) electrons. The van der Waals surface area contributed by atoms with Crippen LogP contribution in [0.3, 0.4) is 0 Å². The minimum Gasteiger partial charge on any atom is -0.495 e. The van der Waals surface area contributed by atoms with E-state index in [0.717, 1.165) is 31.5 Å². The Hall–Kier alpha value is -3.12. The van der Waals surface area contributed by atoms with Crippen LogP contribution >= 0.6 is 0 Å². The number of ether oxygens (including phenoxy) is 1. The number of carbonyl (C=O) groups is 2. The predicted molar refractivity (Wildman–Crippen MR) is 117 cm³/mol. The fraction of sp³-hybridized carbons (Fsp3) is 0.333. The van der Waals surface area contributed by atoms with Crippen molar-refractivity contribution >= 4 is 23.1 Å². The van der Waals surface area contributed by atoms with Crippen LogP contribution in [0, 0.1) is 0 Å². The van der Waals surface area contributed by atoms with Gasteiger partial charge in [-0.1, -0.05) is 42.5 Å². The van der Waals surface area contributed by atoms with Crippen LogP contribution in [0.5, 0.6) is 5.75 Å². The highest BCUT2D eigenvalue weighted by molar-refractivity contribution is 6.45. The number of likely N-dealkylation sites (N-methyl/N-ethyl adjacent to an activating group) is 1. The molecular weight excluding hydrogens is 378 g/mol. The maximum Gasteiger partial charge on any atom is 0.282 e. The minimum absolute atomic E-state index is 0.212. The zero-order chi connectivity index (χ0) is 21.3. The molecule has 4 rings (SSSR count). The van der Waals surface area contributed by atoms with Gasteiger partial charge in [-0.2, -0.15) is 0 Å². The molecule has 2 heterocycles. The molecule has 0 aliphatic carbocycles. The summed E-state index contributed by atoms with van der Waals surface area (Å²) in [7, 11) is 5.59. The minimum atomic E-state index is -0.314. The fourth-order valence-electron chi connectivity index (χ4n) is 4.31. The molecule has 0 atom stereocenters. The van der Waals surface area contributed by atoms with Gasteiger partial charge in [0.15, 0.2) is 0 Å². The molecule has 2 aliphatic rings. The monoisotopic (exact) mass is 405 g/mol. The number of nitrogens with zero attached hydrogens (tertiary/aromatic N) is 3. The summed E-state index contributed by atoms with van der Waals surface area (Å²) in [6.45, 7) is 1.95. The maximum atomic E-state index is 13.7. The van der Waals surface area contributed by atoms with Crippen LogP contribution in [-0.2, 0) is 9.59 Å². The summed E-state index contributed by atoms with van der Waals surface area (Å²) in [5, 5.41) is 0. The van der Waals surface area contributed by atoms with E-state index in [4.69, 9.17) is 4.74 Å². The van der Waals surface area contributed by atoms with Crippen LogP contribution in [0.1, 0.15) is 18.4 Å². The van der Waals surface area contributed by atoms with Gasteiger partial charge in [0.2, 0.25) is 0 Å². The number of amides is 2. The number of carbonyl (C=O) groups excluding carboxylic acids is 2. The Bertz CT molecular complexity index is 978. The maximum absolute atomic E-state index is 13.7. The molecule has 2 amide bonds. The largest absolute Gasteiger partial charge is 0.495 e. The highest BCUT2D eigenvalue weighted by atomic mass is 16.5. The van der Waals surface area contributed by atoms with Crippen molar-refractivity contribution in [1.82, 2.24) is 9.80 Å². The molecule has 2 aliphatic heterocycles. The first-order valence-corrected chi connectivity index (χ1v) is 10.3. The van der Waals surface area contributed by atoms with Gasteiger partial charge in [-0.15, -0.1) is 0 Å². The van der Waals surface area contributed by atoms with Crippen LogP contribution in [0.25, 0.3) is 5.57 Å². The molecule has 0 spiro atoms. The topological polar surface area (TPSA) is 53.1 Å². The Balaban J connectivity index is 1.79. The fourth-order valence-corrected chi connectivity index (χ4v) is 4.31. The van der Waals surface area contributed by atoms with Crippen LogP contribution < -0.4 is 9.64 Å². The average Bonchev–Trinajstić information content (AvgIpc) is 3.04. The van der Waals surface area contributed by atoms with Crippen molar-refractivity contribution in [1.29, 1.82) is 0 Å². The number of imide groups is 1. The predicted octanol–water partition coefficient (Wildman–Crippen LogP) is 3.01. The van der Waals surface area contributed by atoms with Crippen LogP contribution in [0.2, 0.25) is 0 Å². The number of rotatable bonds is 5. The van der Waals surface area contributed by atoms with Crippen molar-refractivity contribution < 1.29 is 14.3 Å². The summed E-state index contributed by atoms with van der Waals surface area (Å²) in [5.74, 6) is -0.120. The van der Waals surface area contributed by atoms with Crippen molar-refractivity contribution in [2.24, 2.45) is 0 Å². The zero-order valence-electron chi connectivity index (χ0n) is 17.7. The van der Waals surface area contributed by atoms with Crippen molar-refractivity contribution in [3.8, 4) is 5.75 Å². The van der Waals surface area contributed by atoms with Gasteiger partial charge in [0.05, 0.1) is 18.4 Å². The van der Waals surface area contributed by atoms with Gasteiger partial charge in [-0.3, -0.25) is 9.59 Å². The highest BCUT2D eigenvalue weighted by Gasteiger charge is 2.44. The Labute approximate surface area is 177 Å². The third-order valence-electron chi connectivity index (χ3n) is 6.04. The standard InChI is InChI=1S/C24H27N3O3/c1-25-15-13-18(14-16-25)26(2)22-21(17-9-5-4-6-10-17)23(28)27(24(22)29)19-11-7-8-12-20(19)30-3/h4-12,18H,13-16H2,1-3H3. The molecule has 2 aromatic rings. The van der Waals surface area contributed by atoms with Crippen LogP contribution in [-0.4, -0.2) is 62.0 Å². The SMILES string of the molecule is COc1ccccc1N1C(=O)C(c2ccccc2)=C(N(C)C2CCN(C)CC2)C1=O. The van der Waals surface area contributed by atoms with Gasteiger partial charge < -0.3 is 14.5 Å². The molecule has 0 N–H and O–H groups in total. The first-order valence-electron chi connectivity index (χ1n) is 10.3. The average molecular weight is 405 g/mol. The second-order valence-corrected chi connectivity index (χ2v) is 7.85. The molecule has 1 saturated heterocycles. The number of anilines is 1. The molecule has 2 aromatic carbocycles. The normalized spacial score (nSPS) is 18.3. The van der Waals surface area contributed by atoms with Gasteiger partial charge in [-0.05, 0) is 50.7 Å². The van der Waals surface area contributed by atoms with E-state index in [2.05, 4.69) is 11.9 Å². The van der Waals surface area contributed by atoms with E-state index in [-0.39, 0.29) is 17.9 Å². The van der Waals surface area contributed by atoms with E-state index in [9.17, 15) is 9.59 Å². The van der Waals surface area contributed by atoms with E-state index in [1.807, 2.05) is 48.3 Å². The molecule has 0 unspecified atom stereocenters. The number of methoxy groups -OCH3 is 1. The summed E-state index contributed by atoms with van der Waals surface area (Å²) in [6, 6.07) is 16.8. The molecule has 0 aromatic heterocycles. The van der Waals surface area contributed by atoms with E-state index in [1.165, 1.54) is 4.90 Å². The summed E-state index contributed by atoms with van der Waals surface area (Å²) in [4.78, 5) is 32.8. The van der Waals surface area contributed by atoms with Crippen molar-refractivity contribution in [3.05, 3.63) is 65.9 Å². The lowest BCUT2D eigenvalue weighted by molar-refractivity contribution is -0.120. The third kappa shape index (κ3) is 3.48. The number of likely N-dealkylation sites (tertiary alicyclic amines) is 1. The van der Waals surface area contributed by atoms with Gasteiger partial charge >= 0.3 is 0 Å². The number of para-hydroxylation sites is 2. The first-order chi connectivity index (χ1) is 14.5. The van der Waals surface area contributed by atoms with E-state index >= 15 is 0 Å². The number of hydrogen-bond donors (Lipinski definition) is 0. The van der Waals surface area contributed by atoms with E-state index in [0.29, 0.717) is 22.7 Å². The third-order valence-corrected chi connectivity index (χ3v) is 6.04. The Morgan fingerprint density at radius 3 is 2.23 bits per heavy atom. The summed E-state index contributed by atoms with van der Waals surface area (Å²) < 4.78 is 5.44. The number of piperidine rings is 1. The van der Waals surface area contributed by atoms with Gasteiger partial charge in [0, 0.05) is 13.1 Å². The van der Waals surface area contributed by atoms with E-state index in [1.54, 1.807) is 25.3 Å². The zero-order valence-corrected chi connectivity index (χ0v) is 17.7. The second kappa shape index (κ2) is 8.32. The molecule has 156 valence electrons. The summed E-state index contributed by atoms with van der Waals surface area (Å²) >= 11 is 0. The lowest BCUT2D eigenvalue weighted by Crippen LogP contribution is -2.43. The quantitative estimate of drug-likeness (QED) is 0.716. The molecule has 0 bridgehead atoms. The molecule has 30 heavy (non-hydrogen) atoms. The van der Waals surface area contributed by atoms with Crippen molar-refractivity contribution in [2.75, 3.05) is 39.2 Å². The Morgan fingerprint density at radius 1 is 0.933 bits per heavy atom.